The van der Waals surface area contributed by atoms with Gasteiger partial charge in [-0.2, -0.15) is 0 Å². The standard InChI is InChI=1S/C28H29BrN4O4/c1-4-26(35)32-14-20(15-32)30-25(34)16-33-17(2)27(22-12-19(29)8-9-23(22)33)28(36)31-11-10-21-18(13-31)6-5-7-24(21)37-3/h4-9,12,20H,1,10-11,13-16H2,2-3H3,(H,30,34). The summed E-state index contributed by atoms with van der Waals surface area (Å²) >= 11 is 3.54. The van der Waals surface area contributed by atoms with Crippen molar-refractivity contribution in [2.75, 3.05) is 26.7 Å². The van der Waals surface area contributed by atoms with Crippen LogP contribution in [0.5, 0.6) is 5.75 Å². The lowest BCUT2D eigenvalue weighted by Crippen LogP contribution is -2.61. The Hall–Kier alpha value is -3.59. The number of carbonyl (C=O) groups is 3. The van der Waals surface area contributed by atoms with E-state index in [1.54, 1.807) is 12.0 Å². The van der Waals surface area contributed by atoms with Crippen molar-refractivity contribution in [1.29, 1.82) is 0 Å². The van der Waals surface area contributed by atoms with E-state index in [-0.39, 0.29) is 30.3 Å². The molecule has 0 spiro atoms. The van der Waals surface area contributed by atoms with E-state index in [1.165, 1.54) is 6.08 Å². The molecule has 1 N–H and O–H groups in total. The summed E-state index contributed by atoms with van der Waals surface area (Å²) in [5, 5.41) is 3.81. The first-order valence-electron chi connectivity index (χ1n) is 12.2. The average molecular weight is 565 g/mol. The van der Waals surface area contributed by atoms with Crippen LogP contribution in [0.25, 0.3) is 10.9 Å². The number of amides is 3. The Bertz CT molecular complexity index is 1420. The number of hydrogen-bond acceptors (Lipinski definition) is 4. The molecule has 2 aliphatic rings. The van der Waals surface area contributed by atoms with E-state index in [2.05, 4.69) is 27.8 Å². The second-order valence-corrected chi connectivity index (χ2v) is 10.4. The SMILES string of the molecule is C=CC(=O)N1CC(NC(=O)Cn2c(C)c(C(=O)N3CCc4c(cccc4OC)C3)c3cc(Br)ccc32)C1. The van der Waals surface area contributed by atoms with Crippen LogP contribution in [-0.2, 0) is 29.1 Å². The Labute approximate surface area is 224 Å². The van der Waals surface area contributed by atoms with Gasteiger partial charge in [-0.05, 0) is 49.2 Å². The summed E-state index contributed by atoms with van der Waals surface area (Å²) in [5.41, 5.74) is 4.43. The van der Waals surface area contributed by atoms with Gasteiger partial charge in [-0.3, -0.25) is 14.4 Å². The maximum atomic E-state index is 13.9. The summed E-state index contributed by atoms with van der Waals surface area (Å²) in [6, 6.07) is 11.6. The van der Waals surface area contributed by atoms with Crippen molar-refractivity contribution < 1.29 is 19.1 Å². The molecule has 0 saturated carbocycles. The molecular weight excluding hydrogens is 536 g/mol. The molecule has 0 atom stereocenters. The first-order valence-corrected chi connectivity index (χ1v) is 13.0. The molecule has 0 radical (unpaired) electrons. The van der Waals surface area contributed by atoms with E-state index >= 15 is 0 Å². The number of hydrogen-bond donors (Lipinski definition) is 1. The van der Waals surface area contributed by atoms with Gasteiger partial charge in [0, 0.05) is 52.8 Å². The number of aromatic nitrogens is 1. The smallest absolute Gasteiger partial charge is 0.256 e. The molecule has 2 aromatic carbocycles. The van der Waals surface area contributed by atoms with Crippen molar-refractivity contribution in [3.05, 3.63) is 75.9 Å². The number of nitrogens with one attached hydrogen (secondary N) is 1. The number of methoxy groups -OCH3 is 1. The summed E-state index contributed by atoms with van der Waals surface area (Å²) in [4.78, 5) is 42.0. The molecule has 1 fully saturated rings. The molecule has 37 heavy (non-hydrogen) atoms. The summed E-state index contributed by atoms with van der Waals surface area (Å²) in [7, 11) is 1.67. The van der Waals surface area contributed by atoms with E-state index in [4.69, 9.17) is 4.74 Å². The van der Waals surface area contributed by atoms with Crippen LogP contribution in [0, 0.1) is 6.92 Å². The van der Waals surface area contributed by atoms with Crippen LogP contribution in [0.1, 0.15) is 27.2 Å². The molecule has 3 heterocycles. The van der Waals surface area contributed by atoms with Crippen molar-refractivity contribution in [2.45, 2.75) is 32.5 Å². The third-order valence-corrected chi connectivity index (χ3v) is 7.76. The molecular formula is C28H29BrN4O4. The lowest BCUT2D eigenvalue weighted by molar-refractivity contribution is -0.133. The molecule has 1 saturated heterocycles. The Balaban J connectivity index is 1.39. The van der Waals surface area contributed by atoms with Crippen molar-refractivity contribution in [1.82, 2.24) is 19.7 Å². The van der Waals surface area contributed by atoms with Crippen LogP contribution in [0.3, 0.4) is 0 Å². The average Bonchev–Trinajstić information content (AvgIpc) is 3.14. The van der Waals surface area contributed by atoms with Gasteiger partial charge in [-0.25, -0.2) is 0 Å². The Kier molecular flexibility index (Phi) is 6.81. The van der Waals surface area contributed by atoms with Crippen molar-refractivity contribution in [3.8, 4) is 5.75 Å². The summed E-state index contributed by atoms with van der Waals surface area (Å²) in [6.07, 6.45) is 2.00. The molecule has 2 aliphatic heterocycles. The van der Waals surface area contributed by atoms with Gasteiger partial charge in [-0.15, -0.1) is 0 Å². The fourth-order valence-electron chi connectivity index (χ4n) is 5.32. The number of ether oxygens (including phenoxy) is 1. The molecule has 0 bridgehead atoms. The predicted octanol–water partition coefficient (Wildman–Crippen LogP) is 3.43. The molecule has 3 amide bonds. The van der Waals surface area contributed by atoms with Gasteiger partial charge in [0.15, 0.2) is 0 Å². The molecule has 192 valence electrons. The highest BCUT2D eigenvalue weighted by Gasteiger charge is 2.32. The largest absolute Gasteiger partial charge is 0.496 e. The highest BCUT2D eigenvalue weighted by atomic mass is 79.9. The van der Waals surface area contributed by atoms with Gasteiger partial charge in [0.2, 0.25) is 11.8 Å². The maximum Gasteiger partial charge on any atom is 0.256 e. The quantitative estimate of drug-likeness (QED) is 0.465. The van der Waals surface area contributed by atoms with Gasteiger partial charge >= 0.3 is 0 Å². The number of fused-ring (bicyclic) bond motifs is 2. The Morgan fingerprint density at radius 1 is 1.19 bits per heavy atom. The maximum absolute atomic E-state index is 13.9. The van der Waals surface area contributed by atoms with Gasteiger partial charge in [0.05, 0.1) is 18.7 Å². The van der Waals surface area contributed by atoms with Crippen LogP contribution < -0.4 is 10.1 Å². The molecule has 1 aromatic heterocycles. The Morgan fingerprint density at radius 2 is 1.97 bits per heavy atom. The summed E-state index contributed by atoms with van der Waals surface area (Å²) in [5.74, 6) is 0.517. The second-order valence-electron chi connectivity index (χ2n) is 9.49. The fraction of sp³-hybridized carbons (Fsp3) is 0.321. The van der Waals surface area contributed by atoms with Crippen molar-refractivity contribution in [2.24, 2.45) is 0 Å². The van der Waals surface area contributed by atoms with Crippen molar-refractivity contribution >= 4 is 44.6 Å². The zero-order chi connectivity index (χ0) is 26.3. The molecule has 5 rings (SSSR count). The molecule has 8 nitrogen and oxygen atoms in total. The second kappa shape index (κ2) is 10.0. The zero-order valence-electron chi connectivity index (χ0n) is 20.9. The van der Waals surface area contributed by atoms with Crippen LogP contribution in [-0.4, -0.2) is 64.9 Å². The van der Waals surface area contributed by atoms with Gasteiger partial charge in [-0.1, -0.05) is 34.6 Å². The number of nitrogens with zero attached hydrogens (tertiary/aromatic N) is 3. The van der Waals surface area contributed by atoms with Gasteiger partial charge in [0.1, 0.15) is 12.3 Å². The van der Waals surface area contributed by atoms with E-state index in [0.29, 0.717) is 31.7 Å². The summed E-state index contributed by atoms with van der Waals surface area (Å²) in [6.45, 7) is 7.52. The predicted molar refractivity (Wildman–Crippen MR) is 145 cm³/mol. The normalized spacial score (nSPS) is 15.2. The van der Waals surface area contributed by atoms with Crippen molar-refractivity contribution in [3.63, 3.8) is 0 Å². The Morgan fingerprint density at radius 3 is 2.70 bits per heavy atom. The number of carbonyl (C=O) groups excluding carboxylic acids is 3. The highest BCUT2D eigenvalue weighted by Crippen LogP contribution is 2.33. The van der Waals surface area contributed by atoms with Crippen LogP contribution >= 0.6 is 15.9 Å². The van der Waals surface area contributed by atoms with Gasteiger partial charge < -0.3 is 24.4 Å². The number of likely N-dealkylation sites (tertiary alicyclic amines) is 1. The first-order chi connectivity index (χ1) is 17.8. The highest BCUT2D eigenvalue weighted by molar-refractivity contribution is 9.10. The minimum Gasteiger partial charge on any atom is -0.496 e. The van der Waals surface area contributed by atoms with Gasteiger partial charge in [0.25, 0.3) is 5.91 Å². The number of benzene rings is 2. The first kappa shape index (κ1) is 25.1. The van der Waals surface area contributed by atoms with Crippen LogP contribution in [0.15, 0.2) is 53.5 Å². The summed E-state index contributed by atoms with van der Waals surface area (Å²) < 4.78 is 8.28. The number of rotatable bonds is 6. The number of halogens is 1. The third-order valence-electron chi connectivity index (χ3n) is 7.26. The monoisotopic (exact) mass is 564 g/mol. The van der Waals surface area contributed by atoms with Crippen LogP contribution in [0.4, 0.5) is 0 Å². The van der Waals surface area contributed by atoms with Crippen LogP contribution in [0.2, 0.25) is 0 Å². The third kappa shape index (κ3) is 4.64. The molecule has 0 unspecified atom stereocenters. The van der Waals surface area contributed by atoms with E-state index < -0.39 is 0 Å². The molecule has 3 aromatic rings. The minimum atomic E-state index is -0.156. The fourth-order valence-corrected chi connectivity index (χ4v) is 5.68. The minimum absolute atomic E-state index is 0.0502. The molecule has 9 heteroatoms. The van der Waals surface area contributed by atoms with E-state index in [1.807, 2.05) is 52.8 Å². The molecule has 0 aliphatic carbocycles. The lowest BCUT2D eigenvalue weighted by Gasteiger charge is -2.38. The van der Waals surface area contributed by atoms with E-state index in [9.17, 15) is 14.4 Å². The zero-order valence-corrected chi connectivity index (χ0v) is 22.5. The van der Waals surface area contributed by atoms with E-state index in [0.717, 1.165) is 44.4 Å². The lowest BCUT2D eigenvalue weighted by atomic mass is 9.97. The topological polar surface area (TPSA) is 83.9 Å².